The van der Waals surface area contributed by atoms with E-state index in [1.165, 1.54) is 5.19 Å². The van der Waals surface area contributed by atoms with Crippen molar-refractivity contribution in [3.05, 3.63) is 43.0 Å². The number of hydrogen-bond acceptors (Lipinski definition) is 2. The highest BCUT2D eigenvalue weighted by Gasteiger charge is 2.37. The van der Waals surface area contributed by atoms with Crippen molar-refractivity contribution in [2.75, 3.05) is 6.61 Å². The highest BCUT2D eigenvalue weighted by molar-refractivity contribution is 6.91. The topological polar surface area (TPSA) is 26.3 Å². The molecule has 0 unspecified atom stereocenters. The quantitative estimate of drug-likeness (QED) is 0.434. The van der Waals surface area contributed by atoms with Gasteiger partial charge in [0.1, 0.15) is 6.61 Å². The van der Waals surface area contributed by atoms with Gasteiger partial charge < -0.3 is 4.74 Å². The molecule has 0 aliphatic carbocycles. The Morgan fingerprint density at radius 3 is 2.40 bits per heavy atom. The van der Waals surface area contributed by atoms with Crippen molar-refractivity contribution in [1.29, 1.82) is 0 Å². The van der Waals surface area contributed by atoms with Crippen molar-refractivity contribution in [2.24, 2.45) is 5.92 Å². The van der Waals surface area contributed by atoms with E-state index in [2.05, 4.69) is 57.8 Å². The lowest BCUT2D eigenvalue weighted by Crippen LogP contribution is -2.48. The Kier molecular flexibility index (Phi) is 6.21. The molecule has 0 fully saturated rings. The van der Waals surface area contributed by atoms with E-state index in [0.29, 0.717) is 24.5 Å². The molecule has 0 spiro atoms. The van der Waals surface area contributed by atoms with Gasteiger partial charge in [-0.25, -0.2) is 0 Å². The van der Waals surface area contributed by atoms with Gasteiger partial charge in [-0.1, -0.05) is 75.1 Å². The number of rotatable bonds is 7. The van der Waals surface area contributed by atoms with Crippen molar-refractivity contribution in [3.63, 3.8) is 0 Å². The fraction of sp³-hybridized carbons (Fsp3) is 0.471. The zero-order valence-electron chi connectivity index (χ0n) is 13.1. The first-order valence-electron chi connectivity index (χ1n) is 7.21. The van der Waals surface area contributed by atoms with Gasteiger partial charge in [-0.3, -0.25) is 4.79 Å². The van der Waals surface area contributed by atoms with E-state index in [4.69, 9.17) is 4.74 Å². The molecule has 0 aromatic heterocycles. The Morgan fingerprint density at radius 2 is 1.90 bits per heavy atom. The number of benzene rings is 1. The van der Waals surface area contributed by atoms with Gasteiger partial charge in [0.15, 0.2) is 0 Å². The smallest absolute Gasteiger partial charge is 0.306 e. The lowest BCUT2D eigenvalue weighted by molar-refractivity contribution is -0.142. The maximum atomic E-state index is 11.9. The average Bonchev–Trinajstić information content (AvgIpc) is 2.43. The summed E-state index contributed by atoms with van der Waals surface area (Å²) in [5.41, 5.74) is 0.377. The SMILES string of the molecule is C=CCOC(=O)C[C@H](C(C)C)[Si](C)(C)c1ccccc1. The van der Waals surface area contributed by atoms with E-state index in [1.807, 2.05) is 6.07 Å². The van der Waals surface area contributed by atoms with Crippen molar-refractivity contribution in [2.45, 2.75) is 38.9 Å². The highest BCUT2D eigenvalue weighted by atomic mass is 28.3. The Morgan fingerprint density at radius 1 is 1.30 bits per heavy atom. The van der Waals surface area contributed by atoms with Gasteiger partial charge in [0.25, 0.3) is 0 Å². The molecule has 1 aromatic carbocycles. The van der Waals surface area contributed by atoms with E-state index in [-0.39, 0.29) is 5.97 Å². The maximum absolute atomic E-state index is 11.9. The van der Waals surface area contributed by atoms with E-state index < -0.39 is 8.07 Å². The number of carbonyl (C=O) groups is 1. The summed E-state index contributed by atoms with van der Waals surface area (Å²) in [5, 5.41) is 1.40. The van der Waals surface area contributed by atoms with Crippen LogP contribution in [-0.4, -0.2) is 20.7 Å². The minimum atomic E-state index is -1.70. The predicted molar refractivity (Wildman–Crippen MR) is 87.9 cm³/mol. The molecule has 0 saturated heterocycles. The molecular formula is C17H26O2Si. The van der Waals surface area contributed by atoms with Crippen molar-refractivity contribution < 1.29 is 9.53 Å². The molecule has 0 aliphatic rings. The molecule has 0 N–H and O–H groups in total. The summed E-state index contributed by atoms with van der Waals surface area (Å²) < 4.78 is 5.17. The van der Waals surface area contributed by atoms with Crippen LogP contribution in [0.4, 0.5) is 0 Å². The van der Waals surface area contributed by atoms with Crippen LogP contribution in [0.1, 0.15) is 20.3 Å². The second-order valence-corrected chi connectivity index (χ2v) is 10.9. The monoisotopic (exact) mass is 290 g/mol. The van der Waals surface area contributed by atoms with Gasteiger partial charge in [0.2, 0.25) is 0 Å². The average molecular weight is 290 g/mol. The van der Waals surface area contributed by atoms with Crippen molar-refractivity contribution in [3.8, 4) is 0 Å². The van der Waals surface area contributed by atoms with Crippen molar-refractivity contribution >= 4 is 19.2 Å². The van der Waals surface area contributed by atoms with E-state index in [0.717, 1.165) is 0 Å². The van der Waals surface area contributed by atoms with Gasteiger partial charge in [-0.05, 0) is 11.5 Å². The molecule has 0 aliphatic heterocycles. The first-order valence-corrected chi connectivity index (χ1v) is 10.3. The third-order valence-electron chi connectivity index (χ3n) is 4.00. The number of hydrogen-bond donors (Lipinski definition) is 0. The minimum absolute atomic E-state index is 0.111. The third kappa shape index (κ3) is 4.34. The van der Waals surface area contributed by atoms with Crippen LogP contribution in [0.2, 0.25) is 18.6 Å². The molecular weight excluding hydrogens is 264 g/mol. The summed E-state index contributed by atoms with van der Waals surface area (Å²) in [6.07, 6.45) is 2.11. The molecule has 0 heterocycles. The fourth-order valence-corrected chi connectivity index (χ4v) is 6.62. The lowest BCUT2D eigenvalue weighted by atomic mass is 10.1. The molecule has 20 heavy (non-hydrogen) atoms. The molecule has 110 valence electrons. The van der Waals surface area contributed by atoms with E-state index in [9.17, 15) is 4.79 Å². The Balaban J connectivity index is 2.90. The molecule has 0 amide bonds. The summed E-state index contributed by atoms with van der Waals surface area (Å²) in [7, 11) is -1.70. The third-order valence-corrected chi connectivity index (χ3v) is 8.54. The Labute approximate surface area is 123 Å². The Bertz CT molecular complexity index is 438. The van der Waals surface area contributed by atoms with Gasteiger partial charge in [-0.15, -0.1) is 0 Å². The molecule has 0 radical (unpaired) electrons. The molecule has 1 atom stereocenters. The number of carbonyl (C=O) groups excluding carboxylic acids is 1. The first kappa shape index (κ1) is 16.7. The van der Waals surface area contributed by atoms with E-state index in [1.54, 1.807) is 6.08 Å². The van der Waals surface area contributed by atoms with Gasteiger partial charge in [0.05, 0.1) is 8.07 Å². The summed E-state index contributed by atoms with van der Waals surface area (Å²) in [5.74, 6) is 0.355. The minimum Gasteiger partial charge on any atom is -0.461 e. The number of esters is 1. The second kappa shape index (κ2) is 7.43. The molecule has 0 saturated carbocycles. The molecule has 1 aromatic rings. The summed E-state index contributed by atoms with van der Waals surface area (Å²) in [6.45, 7) is 13.0. The van der Waals surface area contributed by atoms with E-state index >= 15 is 0 Å². The van der Waals surface area contributed by atoms with Crippen LogP contribution in [0.25, 0.3) is 0 Å². The first-order chi connectivity index (χ1) is 9.39. The van der Waals surface area contributed by atoms with Crippen molar-refractivity contribution in [1.82, 2.24) is 0 Å². The van der Waals surface area contributed by atoms with Crippen LogP contribution < -0.4 is 5.19 Å². The standard InChI is InChI=1S/C17H26O2Si/c1-6-12-19-17(18)13-16(14(2)3)20(4,5)15-10-8-7-9-11-15/h6-11,14,16H,1,12-13H2,2-5H3/t16-/m1/s1. The van der Waals surface area contributed by atoms with Gasteiger partial charge in [-0.2, -0.15) is 0 Å². The van der Waals surface area contributed by atoms with Crippen LogP contribution in [-0.2, 0) is 9.53 Å². The molecule has 0 bridgehead atoms. The summed E-state index contributed by atoms with van der Waals surface area (Å²) >= 11 is 0. The van der Waals surface area contributed by atoms with Gasteiger partial charge in [0, 0.05) is 6.42 Å². The van der Waals surface area contributed by atoms with Crippen LogP contribution in [0.15, 0.2) is 43.0 Å². The normalized spacial score (nSPS) is 13.1. The zero-order chi connectivity index (χ0) is 15.2. The van der Waals surface area contributed by atoms with Crippen LogP contribution in [0.5, 0.6) is 0 Å². The summed E-state index contributed by atoms with van der Waals surface area (Å²) in [4.78, 5) is 11.9. The van der Waals surface area contributed by atoms with Crippen LogP contribution >= 0.6 is 0 Å². The molecule has 3 heteroatoms. The predicted octanol–water partition coefficient (Wildman–Crippen LogP) is 3.75. The fourth-order valence-electron chi connectivity index (χ4n) is 2.80. The molecule has 2 nitrogen and oxygen atoms in total. The lowest BCUT2D eigenvalue weighted by Gasteiger charge is -2.35. The van der Waals surface area contributed by atoms with Crippen LogP contribution in [0.3, 0.4) is 0 Å². The largest absolute Gasteiger partial charge is 0.461 e. The number of ether oxygens (including phenoxy) is 1. The molecule has 1 rings (SSSR count). The van der Waals surface area contributed by atoms with Crippen LogP contribution in [0, 0.1) is 5.92 Å². The highest BCUT2D eigenvalue weighted by Crippen LogP contribution is 2.33. The second-order valence-electron chi connectivity index (χ2n) is 6.11. The summed E-state index contributed by atoms with van der Waals surface area (Å²) in [6, 6.07) is 10.6. The maximum Gasteiger partial charge on any atom is 0.306 e. The van der Waals surface area contributed by atoms with Gasteiger partial charge >= 0.3 is 5.97 Å². The zero-order valence-corrected chi connectivity index (χ0v) is 14.1. The Hall–Kier alpha value is -1.35.